The van der Waals surface area contributed by atoms with Gasteiger partial charge in [0.25, 0.3) is 0 Å². The smallest absolute Gasteiger partial charge is 0.125 e. The number of halogens is 1. The van der Waals surface area contributed by atoms with Gasteiger partial charge < -0.3 is 9.84 Å². The van der Waals surface area contributed by atoms with Crippen LogP contribution >= 0.6 is 0 Å². The fraction of sp³-hybridized carbons (Fsp3) is 0.500. The fourth-order valence-electron chi connectivity index (χ4n) is 1.34. The van der Waals surface area contributed by atoms with E-state index in [0.717, 1.165) is 5.56 Å². The van der Waals surface area contributed by atoms with Crippen molar-refractivity contribution in [3.63, 3.8) is 0 Å². The number of hydrogen-bond donors (Lipinski definition) is 1. The number of aliphatic hydroxyl groups is 1. The molecular weight excluding hydrogens is 195 g/mol. The van der Waals surface area contributed by atoms with Crippen LogP contribution in [0.15, 0.2) is 24.3 Å². The maximum Gasteiger partial charge on any atom is 0.125 e. The molecule has 0 aliphatic heterocycles. The quantitative estimate of drug-likeness (QED) is 0.735. The number of benzene rings is 1. The van der Waals surface area contributed by atoms with Gasteiger partial charge in [-0.3, -0.25) is 4.39 Å². The molecular formula is C12H17FO2. The second-order valence-corrected chi connectivity index (χ2v) is 3.35. The Labute approximate surface area is 89.7 Å². The van der Waals surface area contributed by atoms with Crippen molar-refractivity contribution in [1.82, 2.24) is 0 Å². The van der Waals surface area contributed by atoms with Gasteiger partial charge >= 0.3 is 0 Å². The monoisotopic (exact) mass is 212 g/mol. The van der Waals surface area contributed by atoms with Gasteiger partial charge in [0.1, 0.15) is 5.75 Å². The summed E-state index contributed by atoms with van der Waals surface area (Å²) in [6.07, 6.45) is 0.520. The lowest BCUT2D eigenvalue weighted by Gasteiger charge is -2.14. The normalized spacial score (nSPS) is 12.5. The number of ether oxygens (including phenoxy) is 1. The summed E-state index contributed by atoms with van der Waals surface area (Å²) < 4.78 is 17.3. The van der Waals surface area contributed by atoms with Crippen molar-refractivity contribution < 1.29 is 14.2 Å². The summed E-state index contributed by atoms with van der Waals surface area (Å²) in [6, 6.07) is 7.33. The molecule has 0 bridgehead atoms. The van der Waals surface area contributed by atoms with Gasteiger partial charge in [-0.2, -0.15) is 0 Å². The Bertz CT molecular complexity index is 289. The molecule has 1 N–H and O–H groups in total. The Morgan fingerprint density at radius 2 is 2.13 bits per heavy atom. The van der Waals surface area contributed by atoms with Crippen LogP contribution < -0.4 is 4.74 Å². The molecule has 2 nitrogen and oxygen atoms in total. The Hall–Kier alpha value is -1.09. The molecule has 0 spiro atoms. The van der Waals surface area contributed by atoms with Crippen molar-refractivity contribution in [3.8, 4) is 5.75 Å². The van der Waals surface area contributed by atoms with Crippen molar-refractivity contribution in [2.45, 2.75) is 25.9 Å². The summed E-state index contributed by atoms with van der Waals surface area (Å²) in [4.78, 5) is 0. The highest BCUT2D eigenvalue weighted by atomic mass is 19.1. The van der Waals surface area contributed by atoms with Crippen LogP contribution in [0.4, 0.5) is 4.39 Å². The van der Waals surface area contributed by atoms with E-state index in [1.165, 1.54) is 0 Å². The lowest BCUT2D eigenvalue weighted by molar-refractivity contribution is 0.166. The van der Waals surface area contributed by atoms with E-state index in [4.69, 9.17) is 4.74 Å². The Balaban J connectivity index is 2.68. The molecule has 1 atom stereocenters. The Morgan fingerprint density at radius 3 is 2.80 bits per heavy atom. The van der Waals surface area contributed by atoms with Gasteiger partial charge in [0.2, 0.25) is 0 Å². The third-order valence-electron chi connectivity index (χ3n) is 2.20. The highest BCUT2D eigenvalue weighted by Crippen LogP contribution is 2.26. The van der Waals surface area contributed by atoms with E-state index in [1.54, 1.807) is 6.07 Å². The zero-order valence-corrected chi connectivity index (χ0v) is 8.95. The van der Waals surface area contributed by atoms with Crippen LogP contribution in [-0.4, -0.2) is 18.4 Å². The van der Waals surface area contributed by atoms with Crippen LogP contribution in [0.1, 0.15) is 31.4 Å². The molecule has 0 unspecified atom stereocenters. The van der Waals surface area contributed by atoms with Gasteiger partial charge in [-0.05, 0) is 12.5 Å². The summed E-state index contributed by atoms with van der Waals surface area (Å²) in [5, 5.41) is 9.71. The highest BCUT2D eigenvalue weighted by molar-refractivity contribution is 5.34. The number of hydrogen-bond acceptors (Lipinski definition) is 2. The molecule has 0 saturated heterocycles. The van der Waals surface area contributed by atoms with Crippen LogP contribution in [0.25, 0.3) is 0 Å². The van der Waals surface area contributed by atoms with Gasteiger partial charge in [0, 0.05) is 12.0 Å². The third-order valence-corrected chi connectivity index (χ3v) is 2.20. The molecule has 0 aliphatic rings. The first-order valence-electron chi connectivity index (χ1n) is 5.25. The van der Waals surface area contributed by atoms with E-state index in [-0.39, 0.29) is 6.67 Å². The van der Waals surface area contributed by atoms with Crippen LogP contribution in [0.3, 0.4) is 0 Å². The molecule has 84 valence electrons. The first-order valence-corrected chi connectivity index (χ1v) is 5.25. The molecule has 0 aromatic heterocycles. The van der Waals surface area contributed by atoms with Crippen molar-refractivity contribution in [3.05, 3.63) is 29.8 Å². The molecule has 0 fully saturated rings. The van der Waals surface area contributed by atoms with Crippen LogP contribution in [0.5, 0.6) is 5.75 Å². The SMILES string of the molecule is CC[C@H](O)c1ccccc1OCCCF. The Morgan fingerprint density at radius 1 is 1.40 bits per heavy atom. The highest BCUT2D eigenvalue weighted by Gasteiger charge is 2.10. The fourth-order valence-corrected chi connectivity index (χ4v) is 1.34. The zero-order valence-electron chi connectivity index (χ0n) is 8.95. The molecule has 0 aliphatic carbocycles. The van der Waals surface area contributed by atoms with Gasteiger partial charge in [-0.15, -0.1) is 0 Å². The first kappa shape index (κ1) is 12.0. The molecule has 0 amide bonds. The van der Waals surface area contributed by atoms with Gasteiger partial charge in [0.15, 0.2) is 0 Å². The molecule has 15 heavy (non-hydrogen) atoms. The summed E-state index contributed by atoms with van der Waals surface area (Å²) in [6.45, 7) is 1.88. The average Bonchev–Trinajstić information content (AvgIpc) is 2.29. The van der Waals surface area contributed by atoms with E-state index >= 15 is 0 Å². The molecule has 0 saturated carbocycles. The predicted octanol–water partition coefficient (Wildman–Crippen LogP) is 2.87. The second kappa shape index (κ2) is 6.40. The predicted molar refractivity (Wildman–Crippen MR) is 57.8 cm³/mol. The minimum atomic E-state index is -0.508. The Kier molecular flexibility index (Phi) is 5.12. The van der Waals surface area contributed by atoms with E-state index in [9.17, 15) is 9.50 Å². The number of rotatable bonds is 6. The molecule has 1 aromatic carbocycles. The van der Waals surface area contributed by atoms with Crippen molar-refractivity contribution in [2.75, 3.05) is 13.3 Å². The van der Waals surface area contributed by atoms with Crippen LogP contribution in [0, 0.1) is 0 Å². The van der Waals surface area contributed by atoms with E-state index in [2.05, 4.69) is 0 Å². The van der Waals surface area contributed by atoms with Crippen molar-refractivity contribution in [1.29, 1.82) is 0 Å². The van der Waals surface area contributed by atoms with E-state index in [1.807, 2.05) is 25.1 Å². The maximum atomic E-state index is 11.9. The van der Waals surface area contributed by atoms with Crippen LogP contribution in [-0.2, 0) is 0 Å². The summed E-state index contributed by atoms with van der Waals surface area (Å²) in [5.74, 6) is 0.653. The topological polar surface area (TPSA) is 29.5 Å². The average molecular weight is 212 g/mol. The van der Waals surface area contributed by atoms with Gasteiger partial charge in [-0.25, -0.2) is 0 Å². The maximum absolute atomic E-state index is 11.9. The van der Waals surface area contributed by atoms with E-state index < -0.39 is 6.10 Å². The van der Waals surface area contributed by atoms with Crippen LogP contribution in [0.2, 0.25) is 0 Å². The molecule has 0 radical (unpaired) electrons. The third kappa shape index (κ3) is 3.51. The van der Waals surface area contributed by atoms with Gasteiger partial charge in [0.05, 0.1) is 19.4 Å². The van der Waals surface area contributed by atoms with Gasteiger partial charge in [-0.1, -0.05) is 25.1 Å². The summed E-state index contributed by atoms with van der Waals surface area (Å²) in [5.41, 5.74) is 0.777. The largest absolute Gasteiger partial charge is 0.493 e. The lowest BCUT2D eigenvalue weighted by atomic mass is 10.1. The number of alkyl halides is 1. The first-order chi connectivity index (χ1) is 7.29. The molecule has 1 aromatic rings. The molecule has 3 heteroatoms. The lowest BCUT2D eigenvalue weighted by Crippen LogP contribution is -2.03. The summed E-state index contributed by atoms with van der Waals surface area (Å²) in [7, 11) is 0. The summed E-state index contributed by atoms with van der Waals surface area (Å²) >= 11 is 0. The zero-order chi connectivity index (χ0) is 11.1. The van der Waals surface area contributed by atoms with E-state index in [0.29, 0.717) is 25.2 Å². The molecule has 1 rings (SSSR count). The van der Waals surface area contributed by atoms with Crippen molar-refractivity contribution >= 4 is 0 Å². The minimum absolute atomic E-state index is 0.351. The standard InChI is InChI=1S/C12H17FO2/c1-2-11(14)10-6-3-4-7-12(10)15-9-5-8-13/h3-4,6-7,11,14H,2,5,8-9H2,1H3/t11-/m0/s1. The number of aliphatic hydroxyl groups excluding tert-OH is 1. The molecule has 0 heterocycles. The second-order valence-electron chi connectivity index (χ2n) is 3.35. The van der Waals surface area contributed by atoms with Crippen molar-refractivity contribution in [2.24, 2.45) is 0 Å². The number of para-hydroxylation sites is 1. The minimum Gasteiger partial charge on any atom is -0.493 e.